The summed E-state index contributed by atoms with van der Waals surface area (Å²) >= 11 is 13.5. The number of furan rings is 1. The summed E-state index contributed by atoms with van der Waals surface area (Å²) in [6.07, 6.45) is 1.68. The van der Waals surface area contributed by atoms with Crippen LogP contribution in [0.1, 0.15) is 5.76 Å². The number of hydrogen-bond acceptors (Lipinski definition) is 3. The van der Waals surface area contributed by atoms with Crippen LogP contribution >= 0.6 is 35.0 Å². The molecule has 5 heteroatoms. The molecule has 0 aliphatic rings. The van der Waals surface area contributed by atoms with E-state index in [1.807, 2.05) is 30.3 Å². The third kappa shape index (κ3) is 4.25. The van der Waals surface area contributed by atoms with Crippen LogP contribution < -0.4 is 5.32 Å². The zero-order chi connectivity index (χ0) is 12.8. The van der Waals surface area contributed by atoms with Crippen LogP contribution in [0, 0.1) is 0 Å². The average molecular weight is 302 g/mol. The molecule has 0 radical (unpaired) electrons. The number of thioether (sulfide) groups is 1. The number of halogens is 2. The molecule has 0 atom stereocenters. The fourth-order valence-corrected chi connectivity index (χ4v) is 2.64. The van der Waals surface area contributed by atoms with Gasteiger partial charge in [0.25, 0.3) is 0 Å². The summed E-state index contributed by atoms with van der Waals surface area (Å²) < 4.78 is 5.23. The van der Waals surface area contributed by atoms with Gasteiger partial charge in [-0.25, -0.2) is 0 Å². The molecule has 0 fully saturated rings. The Kier molecular flexibility index (Phi) is 5.45. The van der Waals surface area contributed by atoms with E-state index in [0.29, 0.717) is 10.0 Å². The first-order chi connectivity index (χ1) is 8.75. The molecule has 1 heterocycles. The second kappa shape index (κ2) is 7.10. The first kappa shape index (κ1) is 13.8. The topological polar surface area (TPSA) is 25.2 Å². The van der Waals surface area contributed by atoms with E-state index >= 15 is 0 Å². The first-order valence-corrected chi connectivity index (χ1v) is 7.31. The lowest BCUT2D eigenvalue weighted by Crippen LogP contribution is -2.15. The van der Waals surface area contributed by atoms with Crippen molar-refractivity contribution in [3.05, 3.63) is 52.4 Å². The molecule has 2 aromatic rings. The van der Waals surface area contributed by atoms with Gasteiger partial charge in [0.15, 0.2) is 0 Å². The van der Waals surface area contributed by atoms with Crippen molar-refractivity contribution >= 4 is 35.0 Å². The van der Waals surface area contributed by atoms with E-state index in [1.54, 1.807) is 18.0 Å². The predicted molar refractivity (Wildman–Crippen MR) is 77.6 cm³/mol. The molecule has 0 saturated heterocycles. The average Bonchev–Trinajstić information content (AvgIpc) is 2.86. The molecular formula is C13H13Cl2NOS. The lowest BCUT2D eigenvalue weighted by atomic mass is 10.4. The van der Waals surface area contributed by atoms with Crippen molar-refractivity contribution in [2.45, 2.75) is 11.4 Å². The molecule has 2 nitrogen and oxygen atoms in total. The molecule has 0 bridgehead atoms. The standard InChI is InChI=1S/C13H13Cl2NOS/c14-12-4-3-11(8-13(12)15)18-7-5-16-9-10-2-1-6-17-10/h1-4,6,8,16H,5,7,9H2. The summed E-state index contributed by atoms with van der Waals surface area (Å²) in [7, 11) is 0. The van der Waals surface area contributed by atoms with E-state index < -0.39 is 0 Å². The highest BCUT2D eigenvalue weighted by Gasteiger charge is 2.00. The molecule has 0 amide bonds. The van der Waals surface area contributed by atoms with Crippen LogP contribution in [0.3, 0.4) is 0 Å². The fourth-order valence-electron chi connectivity index (χ4n) is 1.43. The Morgan fingerprint density at radius 2 is 2.06 bits per heavy atom. The Balaban J connectivity index is 1.67. The summed E-state index contributed by atoms with van der Waals surface area (Å²) in [6.45, 7) is 1.67. The third-order valence-corrected chi connectivity index (χ3v) is 4.05. The van der Waals surface area contributed by atoms with Crippen molar-refractivity contribution < 1.29 is 4.42 Å². The lowest BCUT2D eigenvalue weighted by molar-refractivity contribution is 0.488. The van der Waals surface area contributed by atoms with Crippen LogP contribution in [-0.4, -0.2) is 12.3 Å². The van der Waals surface area contributed by atoms with Gasteiger partial charge >= 0.3 is 0 Å². The van der Waals surface area contributed by atoms with Gasteiger partial charge in [-0.3, -0.25) is 0 Å². The highest BCUT2D eigenvalue weighted by atomic mass is 35.5. The highest BCUT2D eigenvalue weighted by molar-refractivity contribution is 7.99. The van der Waals surface area contributed by atoms with Crippen molar-refractivity contribution in [1.29, 1.82) is 0 Å². The second-order valence-corrected chi connectivity index (χ2v) is 5.66. The van der Waals surface area contributed by atoms with E-state index in [0.717, 1.165) is 29.5 Å². The van der Waals surface area contributed by atoms with Crippen molar-refractivity contribution in [3.8, 4) is 0 Å². The minimum atomic E-state index is 0.594. The summed E-state index contributed by atoms with van der Waals surface area (Å²) in [6, 6.07) is 9.54. The molecule has 1 N–H and O–H groups in total. The van der Waals surface area contributed by atoms with Crippen molar-refractivity contribution in [1.82, 2.24) is 5.32 Å². The molecule has 1 aromatic carbocycles. The van der Waals surface area contributed by atoms with Crippen LogP contribution in [0.15, 0.2) is 45.9 Å². The monoisotopic (exact) mass is 301 g/mol. The molecule has 0 unspecified atom stereocenters. The summed E-state index contributed by atoms with van der Waals surface area (Å²) in [5.74, 6) is 1.92. The highest BCUT2D eigenvalue weighted by Crippen LogP contribution is 2.27. The number of hydrogen-bond donors (Lipinski definition) is 1. The summed E-state index contributed by atoms with van der Waals surface area (Å²) in [5, 5.41) is 4.51. The summed E-state index contributed by atoms with van der Waals surface area (Å²) in [4.78, 5) is 1.13. The SMILES string of the molecule is Clc1ccc(SCCNCc2ccco2)cc1Cl. The molecule has 0 saturated carbocycles. The molecule has 1 aromatic heterocycles. The second-order valence-electron chi connectivity index (χ2n) is 3.68. The Hall–Kier alpha value is -0.610. The minimum Gasteiger partial charge on any atom is -0.468 e. The van der Waals surface area contributed by atoms with E-state index in [9.17, 15) is 0 Å². The molecule has 2 rings (SSSR count). The molecule has 0 aliphatic carbocycles. The Morgan fingerprint density at radius 3 is 2.78 bits per heavy atom. The van der Waals surface area contributed by atoms with Gasteiger partial charge in [-0.15, -0.1) is 11.8 Å². The minimum absolute atomic E-state index is 0.594. The zero-order valence-corrected chi connectivity index (χ0v) is 12.0. The molecule has 0 aliphatic heterocycles. The van der Waals surface area contributed by atoms with E-state index in [4.69, 9.17) is 27.6 Å². The van der Waals surface area contributed by atoms with E-state index in [1.165, 1.54) is 0 Å². The number of nitrogens with one attached hydrogen (secondary N) is 1. The third-order valence-electron chi connectivity index (χ3n) is 2.32. The first-order valence-electron chi connectivity index (χ1n) is 5.56. The smallest absolute Gasteiger partial charge is 0.117 e. The van der Waals surface area contributed by atoms with Gasteiger partial charge in [0.1, 0.15) is 5.76 Å². The maximum absolute atomic E-state index is 5.95. The predicted octanol–water partition coefficient (Wildman–Crippen LogP) is 4.47. The van der Waals surface area contributed by atoms with Crippen molar-refractivity contribution in [2.24, 2.45) is 0 Å². The maximum Gasteiger partial charge on any atom is 0.117 e. The Morgan fingerprint density at radius 1 is 1.17 bits per heavy atom. The maximum atomic E-state index is 5.95. The van der Waals surface area contributed by atoms with Crippen molar-refractivity contribution in [2.75, 3.05) is 12.3 Å². The Labute approximate surface area is 121 Å². The normalized spacial score (nSPS) is 10.8. The fraction of sp³-hybridized carbons (Fsp3) is 0.231. The van der Waals surface area contributed by atoms with E-state index in [-0.39, 0.29) is 0 Å². The van der Waals surface area contributed by atoms with E-state index in [2.05, 4.69) is 5.32 Å². The largest absolute Gasteiger partial charge is 0.468 e. The Bertz CT molecular complexity index is 488. The van der Waals surface area contributed by atoms with Gasteiger partial charge in [0, 0.05) is 17.2 Å². The van der Waals surface area contributed by atoms with Gasteiger partial charge in [-0.05, 0) is 30.3 Å². The van der Waals surface area contributed by atoms with Crippen LogP contribution in [0.25, 0.3) is 0 Å². The van der Waals surface area contributed by atoms with Crippen LogP contribution in [0.5, 0.6) is 0 Å². The van der Waals surface area contributed by atoms with Gasteiger partial charge in [0.05, 0.1) is 22.9 Å². The van der Waals surface area contributed by atoms with Crippen LogP contribution in [0.4, 0.5) is 0 Å². The number of benzene rings is 1. The zero-order valence-electron chi connectivity index (χ0n) is 9.66. The van der Waals surface area contributed by atoms with Gasteiger partial charge in [-0.2, -0.15) is 0 Å². The quantitative estimate of drug-likeness (QED) is 0.629. The van der Waals surface area contributed by atoms with Gasteiger partial charge in [-0.1, -0.05) is 23.2 Å². The van der Waals surface area contributed by atoms with Crippen molar-refractivity contribution in [3.63, 3.8) is 0 Å². The molecular weight excluding hydrogens is 289 g/mol. The summed E-state index contributed by atoms with van der Waals surface area (Å²) in [5.41, 5.74) is 0. The molecule has 18 heavy (non-hydrogen) atoms. The molecule has 0 spiro atoms. The van der Waals surface area contributed by atoms with Gasteiger partial charge in [0.2, 0.25) is 0 Å². The van der Waals surface area contributed by atoms with Crippen LogP contribution in [-0.2, 0) is 6.54 Å². The molecule has 96 valence electrons. The lowest BCUT2D eigenvalue weighted by Gasteiger charge is -2.04. The van der Waals surface area contributed by atoms with Crippen LogP contribution in [0.2, 0.25) is 10.0 Å². The van der Waals surface area contributed by atoms with Gasteiger partial charge < -0.3 is 9.73 Å². The number of rotatable bonds is 6.